The molecule has 0 aromatic heterocycles. The van der Waals surface area contributed by atoms with Crippen LogP contribution in [0.4, 0.5) is 5.69 Å². The van der Waals surface area contributed by atoms with Gasteiger partial charge in [0.25, 0.3) is 5.91 Å². The Morgan fingerprint density at radius 2 is 1.60 bits per heavy atom. The van der Waals surface area contributed by atoms with Crippen molar-refractivity contribution in [3.63, 3.8) is 0 Å². The van der Waals surface area contributed by atoms with Gasteiger partial charge in [0.15, 0.2) is 0 Å². The molecule has 1 amide bonds. The van der Waals surface area contributed by atoms with Gasteiger partial charge in [-0.1, -0.05) is 24.6 Å². The molecule has 0 bridgehead atoms. The van der Waals surface area contributed by atoms with Crippen molar-refractivity contribution >= 4 is 18.9 Å². The molecule has 109 valence electrons. The molecule has 2 nitrogen and oxygen atoms in total. The third kappa shape index (κ3) is 5.21. The van der Waals surface area contributed by atoms with Gasteiger partial charge in [-0.2, -0.15) is 0 Å². The van der Waals surface area contributed by atoms with E-state index in [0.29, 0.717) is 0 Å². The molecule has 1 N–H and O–H groups in total. The molecule has 1 rings (SSSR count). The molecule has 20 heavy (non-hydrogen) atoms. The van der Waals surface area contributed by atoms with E-state index in [1.165, 1.54) is 5.56 Å². The van der Waals surface area contributed by atoms with Gasteiger partial charge in [-0.15, -0.1) is 0 Å². The molecule has 0 aliphatic carbocycles. The average molecular weight is 369 g/mol. The fourth-order valence-electron chi connectivity index (χ4n) is 2.67. The van der Waals surface area contributed by atoms with E-state index < -0.39 is 7.26 Å². The van der Waals surface area contributed by atoms with Gasteiger partial charge >= 0.3 is 0 Å². The number of carbonyl (C=O) groups excluding carboxylic acids is 1. The summed E-state index contributed by atoms with van der Waals surface area (Å²) in [6, 6.07) is 4.24. The van der Waals surface area contributed by atoms with Crippen LogP contribution in [0.15, 0.2) is 12.1 Å². The summed E-state index contributed by atoms with van der Waals surface area (Å²) in [7, 11) is -1.17. The number of carbonyl (C=O) groups is 1. The van der Waals surface area contributed by atoms with Crippen LogP contribution in [-0.4, -0.2) is 31.6 Å². The molecule has 0 saturated carbocycles. The zero-order chi connectivity index (χ0) is 14.8. The minimum atomic E-state index is -1.17. The zero-order valence-electron chi connectivity index (χ0n) is 13.9. The van der Waals surface area contributed by atoms with E-state index in [9.17, 15) is 4.79 Å². The minimum Gasteiger partial charge on any atom is -0.322 e. The van der Waals surface area contributed by atoms with E-state index >= 15 is 0 Å². The summed E-state index contributed by atoms with van der Waals surface area (Å²) in [6.07, 6.45) is 0.910. The normalized spacial score (nSPS) is 12.6. The van der Waals surface area contributed by atoms with Crippen LogP contribution < -0.4 is 5.32 Å². The van der Waals surface area contributed by atoms with Crippen molar-refractivity contribution in [3.05, 3.63) is 28.8 Å². The second-order valence-corrected chi connectivity index (χ2v) is 11.2. The predicted octanol–water partition coefficient (Wildman–Crippen LogP) is 4.23. The molecule has 0 spiro atoms. The molecular weight excluding hydrogens is 342 g/mol. The van der Waals surface area contributed by atoms with E-state index in [1.807, 2.05) is 0 Å². The summed E-state index contributed by atoms with van der Waals surface area (Å²) >= 11 is 0. The largest absolute Gasteiger partial charge is 0.322 e. The Kier molecular flexibility index (Phi) is 8.10. The van der Waals surface area contributed by atoms with E-state index in [2.05, 4.69) is 65.1 Å². The number of rotatable bonds is 4. The van der Waals surface area contributed by atoms with Crippen molar-refractivity contribution in [3.8, 4) is 0 Å². The number of amides is 1. The molecule has 1 atom stereocenters. The van der Waals surface area contributed by atoms with Gasteiger partial charge in [-0.25, -0.2) is 0 Å². The smallest absolute Gasteiger partial charge is 0.264 e. The Morgan fingerprint density at radius 3 is 1.95 bits per heavy atom. The van der Waals surface area contributed by atoms with E-state index in [-0.39, 0.29) is 44.3 Å². The third-order valence-corrected chi connectivity index (χ3v) is 6.02. The average Bonchev–Trinajstić information content (AvgIpc) is 2.22. The van der Waals surface area contributed by atoms with E-state index in [4.69, 9.17) is 0 Å². The molecule has 1 aromatic carbocycles. The quantitative estimate of drug-likeness (QED) is 0.791. The van der Waals surface area contributed by atoms with Crippen molar-refractivity contribution in [2.75, 3.05) is 25.3 Å². The summed E-state index contributed by atoms with van der Waals surface area (Å²) < 4.78 is 0. The van der Waals surface area contributed by atoms with Crippen LogP contribution in [-0.2, 0) is 37.5 Å². The molecule has 1 radical (unpaired) electrons. The molecule has 1 aromatic rings. The molecule has 0 heterocycles. The number of nitrogens with one attached hydrogen (secondary N) is 1. The van der Waals surface area contributed by atoms with Gasteiger partial charge in [-0.05, 0) is 38.3 Å². The van der Waals surface area contributed by atoms with Crippen LogP contribution in [0.1, 0.15) is 30.0 Å². The maximum Gasteiger partial charge on any atom is 0.264 e. The fourth-order valence-corrected chi connectivity index (χ4v) is 4.53. The second kappa shape index (κ2) is 8.01. The van der Waals surface area contributed by atoms with Gasteiger partial charge in [0.05, 0.1) is 0 Å². The molecule has 0 aliphatic heterocycles. The Morgan fingerprint density at radius 1 is 1.15 bits per heavy atom. The maximum atomic E-state index is 12.5. The van der Waals surface area contributed by atoms with Gasteiger partial charge < -0.3 is 5.32 Å². The summed E-state index contributed by atoms with van der Waals surface area (Å²) in [5.41, 5.74) is 4.67. The predicted molar refractivity (Wildman–Crippen MR) is 88.1 cm³/mol. The first-order valence-electron chi connectivity index (χ1n) is 6.86. The topological polar surface area (TPSA) is 29.1 Å². The van der Waals surface area contributed by atoms with Crippen LogP contribution >= 0.6 is 7.26 Å². The van der Waals surface area contributed by atoms with Gasteiger partial charge in [-0.3, -0.25) is 4.79 Å². The van der Waals surface area contributed by atoms with Crippen molar-refractivity contribution in [2.45, 2.75) is 39.8 Å². The fraction of sp³-hybridized carbons (Fsp3) is 0.562. The van der Waals surface area contributed by atoms with E-state index in [1.54, 1.807) is 0 Å². The molecular formula is C16H27NOPY+. The first-order chi connectivity index (χ1) is 8.66. The summed E-state index contributed by atoms with van der Waals surface area (Å²) in [4.78, 5) is 12.5. The van der Waals surface area contributed by atoms with Crippen LogP contribution in [0.25, 0.3) is 0 Å². The SMILES string of the molecule is CCC(C(=O)Nc1c(C)cc(C)cc1C)[P+](C)(C)C.[Y]. The molecule has 0 fully saturated rings. The summed E-state index contributed by atoms with van der Waals surface area (Å²) in [6.45, 7) is 15.0. The van der Waals surface area contributed by atoms with Crippen molar-refractivity contribution in [2.24, 2.45) is 0 Å². The third-order valence-electron chi connectivity index (χ3n) is 3.55. The van der Waals surface area contributed by atoms with Crippen LogP contribution in [0, 0.1) is 20.8 Å². The molecule has 0 aliphatic rings. The van der Waals surface area contributed by atoms with Crippen molar-refractivity contribution in [1.82, 2.24) is 0 Å². The number of aryl methyl sites for hydroxylation is 3. The van der Waals surface area contributed by atoms with Crippen LogP contribution in [0.5, 0.6) is 0 Å². The monoisotopic (exact) mass is 369 g/mol. The Hall–Kier alpha value is 0.224. The van der Waals surface area contributed by atoms with Crippen LogP contribution in [0.2, 0.25) is 0 Å². The number of hydrogen-bond acceptors (Lipinski definition) is 1. The summed E-state index contributed by atoms with van der Waals surface area (Å²) in [5.74, 6) is 0.179. The standard InChI is InChI=1S/C16H26NOP.Y/c1-8-14(19(5,6)7)16(18)17-15-12(3)9-11(2)10-13(15)4;/h9-10,14H,8H2,1-7H3;/p+1. The number of anilines is 1. The molecule has 4 heteroatoms. The second-order valence-electron chi connectivity index (χ2n) is 6.30. The number of hydrogen-bond donors (Lipinski definition) is 1. The first kappa shape index (κ1) is 20.2. The number of benzene rings is 1. The molecule has 1 unspecified atom stereocenters. The minimum absolute atomic E-state index is 0. The summed E-state index contributed by atoms with van der Waals surface area (Å²) in [5, 5.41) is 3.15. The van der Waals surface area contributed by atoms with Gasteiger partial charge in [0.1, 0.15) is 5.66 Å². The van der Waals surface area contributed by atoms with Gasteiger partial charge in [0, 0.05) is 65.7 Å². The Bertz CT molecular complexity index is 457. The maximum absolute atomic E-state index is 12.5. The molecule has 0 saturated heterocycles. The van der Waals surface area contributed by atoms with E-state index in [0.717, 1.165) is 23.2 Å². The first-order valence-corrected chi connectivity index (χ1v) is 10.1. The Balaban J connectivity index is 0.00000361. The Labute approximate surface area is 149 Å². The van der Waals surface area contributed by atoms with Crippen LogP contribution in [0.3, 0.4) is 0 Å². The van der Waals surface area contributed by atoms with Crippen molar-refractivity contribution < 1.29 is 37.5 Å². The van der Waals surface area contributed by atoms with Crippen molar-refractivity contribution in [1.29, 1.82) is 0 Å². The zero-order valence-corrected chi connectivity index (χ0v) is 17.6. The van der Waals surface area contributed by atoms with Gasteiger partial charge in [0.2, 0.25) is 0 Å².